The molecule has 8 N–H and O–H groups in total. The highest BCUT2D eigenvalue weighted by molar-refractivity contribution is 5.95. The van der Waals surface area contributed by atoms with Crippen molar-refractivity contribution in [2.24, 2.45) is 5.73 Å². The predicted molar refractivity (Wildman–Crippen MR) is 180 cm³/mol. The zero-order valence-corrected chi connectivity index (χ0v) is 26.2. The summed E-state index contributed by atoms with van der Waals surface area (Å²) < 4.78 is 0. The number of aliphatic carboxylic acids is 1. The Morgan fingerprint density at radius 1 is 0.812 bits per heavy atom. The normalized spacial score (nSPS) is 16.4. The van der Waals surface area contributed by atoms with Crippen molar-refractivity contribution in [1.82, 2.24) is 25.5 Å². The number of aromatic nitrogens is 2. The number of aromatic hydroxyl groups is 1. The number of amides is 3. The van der Waals surface area contributed by atoms with E-state index in [9.17, 15) is 29.4 Å². The minimum atomic E-state index is -1.21. The van der Waals surface area contributed by atoms with Gasteiger partial charge in [0.05, 0.1) is 6.04 Å². The Labute approximate surface area is 276 Å². The summed E-state index contributed by atoms with van der Waals surface area (Å²) >= 11 is 0. The first-order chi connectivity index (χ1) is 23.2. The van der Waals surface area contributed by atoms with Crippen molar-refractivity contribution in [3.8, 4) is 5.75 Å². The van der Waals surface area contributed by atoms with Gasteiger partial charge in [-0.3, -0.25) is 14.4 Å². The molecule has 2 aromatic heterocycles. The van der Waals surface area contributed by atoms with Crippen LogP contribution in [0.2, 0.25) is 0 Å². The van der Waals surface area contributed by atoms with Gasteiger partial charge in [-0.15, -0.1) is 0 Å². The van der Waals surface area contributed by atoms with Gasteiger partial charge in [-0.25, -0.2) is 4.79 Å². The molecule has 0 spiro atoms. The summed E-state index contributed by atoms with van der Waals surface area (Å²) in [6.45, 7) is 0.275. The number of H-pyrrole nitrogens is 2. The second-order valence-corrected chi connectivity index (χ2v) is 12.3. The number of carbonyl (C=O) groups excluding carboxylic acids is 3. The van der Waals surface area contributed by atoms with Gasteiger partial charge in [-0.2, -0.15) is 0 Å². The van der Waals surface area contributed by atoms with Crippen molar-refractivity contribution < 1.29 is 29.4 Å². The summed E-state index contributed by atoms with van der Waals surface area (Å²) in [5.74, 6) is -2.64. The number of carbonyl (C=O) groups is 4. The topological polar surface area (TPSA) is 194 Å². The van der Waals surface area contributed by atoms with Crippen LogP contribution in [-0.4, -0.2) is 79.5 Å². The Morgan fingerprint density at radius 3 is 2.00 bits per heavy atom. The fourth-order valence-electron chi connectivity index (χ4n) is 6.47. The molecule has 3 heterocycles. The van der Waals surface area contributed by atoms with Crippen LogP contribution < -0.4 is 16.4 Å². The van der Waals surface area contributed by atoms with Crippen LogP contribution in [0.15, 0.2) is 85.2 Å². The number of benzene rings is 3. The summed E-state index contributed by atoms with van der Waals surface area (Å²) in [6, 6.07) is 17.4. The molecule has 0 aliphatic carbocycles. The Morgan fingerprint density at radius 2 is 1.40 bits per heavy atom. The molecule has 12 nitrogen and oxygen atoms in total. The molecule has 12 heteroatoms. The third kappa shape index (κ3) is 7.03. The van der Waals surface area contributed by atoms with Gasteiger partial charge >= 0.3 is 5.97 Å². The van der Waals surface area contributed by atoms with E-state index < -0.39 is 47.9 Å². The van der Waals surface area contributed by atoms with Gasteiger partial charge in [0, 0.05) is 53.6 Å². The molecular weight excluding hydrogens is 612 g/mol. The van der Waals surface area contributed by atoms with Crippen molar-refractivity contribution in [2.45, 2.75) is 56.3 Å². The lowest BCUT2D eigenvalue weighted by atomic mass is 10.0. The number of likely N-dealkylation sites (tertiary alicyclic amines) is 1. The maximum atomic E-state index is 14.2. The lowest BCUT2D eigenvalue weighted by Crippen LogP contribution is -2.57. The molecule has 0 radical (unpaired) electrons. The van der Waals surface area contributed by atoms with Crippen molar-refractivity contribution in [3.05, 3.63) is 102 Å². The van der Waals surface area contributed by atoms with E-state index in [0.29, 0.717) is 12.8 Å². The van der Waals surface area contributed by atoms with Gasteiger partial charge in [0.25, 0.3) is 0 Å². The van der Waals surface area contributed by atoms with Crippen molar-refractivity contribution >= 4 is 45.5 Å². The number of nitrogens with one attached hydrogen (secondary N) is 4. The van der Waals surface area contributed by atoms with E-state index >= 15 is 0 Å². The summed E-state index contributed by atoms with van der Waals surface area (Å²) in [4.78, 5) is 61.3. The van der Waals surface area contributed by atoms with Gasteiger partial charge < -0.3 is 41.4 Å². The zero-order chi connectivity index (χ0) is 33.8. The van der Waals surface area contributed by atoms with Crippen LogP contribution in [-0.2, 0) is 38.4 Å². The van der Waals surface area contributed by atoms with Crippen LogP contribution in [0, 0.1) is 0 Å². The van der Waals surface area contributed by atoms with E-state index in [0.717, 1.165) is 38.5 Å². The molecule has 48 heavy (non-hydrogen) atoms. The number of phenols is 1. The number of para-hydroxylation sites is 2. The Hall–Kier alpha value is -5.62. The first kappa shape index (κ1) is 32.3. The van der Waals surface area contributed by atoms with E-state index in [4.69, 9.17) is 5.73 Å². The van der Waals surface area contributed by atoms with Crippen molar-refractivity contribution in [2.75, 3.05) is 6.54 Å². The average Bonchev–Trinajstić information content (AvgIpc) is 3.84. The van der Waals surface area contributed by atoms with Gasteiger partial charge in [0.2, 0.25) is 17.7 Å². The highest BCUT2D eigenvalue weighted by atomic mass is 16.4. The molecule has 248 valence electrons. The number of hydrogen-bond donors (Lipinski definition) is 7. The first-order valence-electron chi connectivity index (χ1n) is 16.0. The summed E-state index contributed by atoms with van der Waals surface area (Å²) in [5.41, 5.74) is 10.3. The summed E-state index contributed by atoms with van der Waals surface area (Å²) in [7, 11) is 0. The first-order valence-corrected chi connectivity index (χ1v) is 16.0. The molecule has 4 atom stereocenters. The van der Waals surface area contributed by atoms with Gasteiger partial charge in [0.1, 0.15) is 23.9 Å². The number of fused-ring (bicyclic) bond motifs is 2. The van der Waals surface area contributed by atoms with Crippen LogP contribution in [0.3, 0.4) is 0 Å². The van der Waals surface area contributed by atoms with E-state index in [1.807, 2.05) is 48.5 Å². The predicted octanol–water partition coefficient (Wildman–Crippen LogP) is 2.76. The van der Waals surface area contributed by atoms with E-state index in [2.05, 4.69) is 20.6 Å². The van der Waals surface area contributed by atoms with Crippen molar-refractivity contribution in [3.63, 3.8) is 0 Å². The third-order valence-corrected chi connectivity index (χ3v) is 8.99. The number of nitrogens with two attached hydrogens (primary N) is 1. The monoisotopic (exact) mass is 650 g/mol. The third-order valence-electron chi connectivity index (χ3n) is 8.99. The molecule has 0 bridgehead atoms. The van der Waals surface area contributed by atoms with Crippen LogP contribution in [0.4, 0.5) is 0 Å². The molecular formula is C36H38N6O6. The van der Waals surface area contributed by atoms with E-state index in [1.54, 1.807) is 24.5 Å². The Balaban J connectivity index is 1.20. The molecule has 0 saturated carbocycles. The molecule has 5 aromatic rings. The highest BCUT2D eigenvalue weighted by Crippen LogP contribution is 2.24. The SMILES string of the molecule is NC(Cc1ccc(O)cc1)C(=O)NC(Cc1c[nH]c2ccccc12)C(=O)N1CCCC1C(=O)NC(Cc1c[nH]c2ccccc12)C(=O)O. The number of aromatic amines is 2. The maximum absolute atomic E-state index is 14.2. The molecule has 1 fully saturated rings. The van der Waals surface area contributed by atoms with Crippen LogP contribution in [0.5, 0.6) is 5.75 Å². The quantitative estimate of drug-likeness (QED) is 0.108. The molecule has 3 amide bonds. The second-order valence-electron chi connectivity index (χ2n) is 12.3. The van der Waals surface area contributed by atoms with E-state index in [-0.39, 0.29) is 31.6 Å². The van der Waals surface area contributed by atoms with Crippen LogP contribution >= 0.6 is 0 Å². The average molecular weight is 651 g/mol. The van der Waals surface area contributed by atoms with E-state index in [1.165, 1.54) is 17.0 Å². The second kappa shape index (κ2) is 14.0. The Kier molecular flexibility index (Phi) is 9.44. The number of nitrogens with zero attached hydrogens (tertiary/aromatic N) is 1. The summed E-state index contributed by atoms with van der Waals surface area (Å²) in [6.07, 6.45) is 4.81. The fourth-order valence-corrected chi connectivity index (χ4v) is 6.47. The maximum Gasteiger partial charge on any atom is 0.326 e. The number of phenolic OH excluding ortho intramolecular Hbond substituents is 1. The van der Waals surface area contributed by atoms with Gasteiger partial charge in [-0.05, 0) is 60.2 Å². The Bertz CT molecular complexity index is 1950. The lowest BCUT2D eigenvalue weighted by Gasteiger charge is -2.30. The standard InChI is InChI=1S/C36H38N6O6/c37-27(16-21-11-13-24(43)14-12-21)33(44)40-30(17-22-19-38-28-8-3-1-6-25(22)28)35(46)42-15-5-10-32(42)34(45)41-31(36(47)48)18-23-20-39-29-9-4-2-7-26(23)29/h1-4,6-9,11-14,19-20,27,30-32,38-39,43H,5,10,15-18,37H2,(H,40,44)(H,41,45)(H,47,48). The van der Waals surface area contributed by atoms with Crippen LogP contribution in [0.25, 0.3) is 21.8 Å². The minimum absolute atomic E-state index is 0.0594. The highest BCUT2D eigenvalue weighted by Gasteiger charge is 2.39. The lowest BCUT2D eigenvalue weighted by molar-refractivity contribution is -0.144. The fraction of sp³-hybridized carbons (Fsp3) is 0.278. The smallest absolute Gasteiger partial charge is 0.326 e. The van der Waals surface area contributed by atoms with Gasteiger partial charge in [-0.1, -0.05) is 48.5 Å². The van der Waals surface area contributed by atoms with Gasteiger partial charge in [0.15, 0.2) is 0 Å². The van der Waals surface area contributed by atoms with Crippen molar-refractivity contribution in [1.29, 1.82) is 0 Å². The zero-order valence-electron chi connectivity index (χ0n) is 26.2. The number of hydrogen-bond acceptors (Lipinski definition) is 6. The minimum Gasteiger partial charge on any atom is -0.508 e. The molecule has 4 unspecified atom stereocenters. The number of carboxylic acids is 1. The molecule has 1 aliphatic heterocycles. The summed E-state index contributed by atoms with van der Waals surface area (Å²) in [5, 5.41) is 26.9. The largest absolute Gasteiger partial charge is 0.508 e. The van der Waals surface area contributed by atoms with Crippen LogP contribution in [0.1, 0.15) is 29.5 Å². The molecule has 1 saturated heterocycles. The molecule has 3 aromatic carbocycles. The number of carboxylic acid groups (broad SMARTS) is 1. The number of rotatable bonds is 12. The molecule has 6 rings (SSSR count). The molecule has 1 aliphatic rings.